The molecule has 2 aromatic heterocycles. The molecule has 0 aliphatic carbocycles. The van der Waals surface area contributed by atoms with Gasteiger partial charge in [0.1, 0.15) is 0 Å². The summed E-state index contributed by atoms with van der Waals surface area (Å²) in [4.78, 5) is 4.09. The summed E-state index contributed by atoms with van der Waals surface area (Å²) in [5, 5.41) is 2.14. The second kappa shape index (κ2) is 5.32. The van der Waals surface area contributed by atoms with Gasteiger partial charge in [0, 0.05) is 14.6 Å². The predicted octanol–water partition coefficient (Wildman–Crippen LogP) is 6.01. The van der Waals surface area contributed by atoms with Crippen LogP contribution in [0.3, 0.4) is 0 Å². The van der Waals surface area contributed by atoms with E-state index in [2.05, 4.69) is 61.7 Å². The second-order valence-electron chi connectivity index (χ2n) is 4.70. The molecule has 0 nitrogen and oxygen atoms in total. The van der Waals surface area contributed by atoms with E-state index in [4.69, 9.17) is 0 Å². The normalized spacial score (nSPS) is 10.8. The fourth-order valence-corrected chi connectivity index (χ4v) is 4.08. The Hall–Kier alpha value is -1.38. The molecule has 0 atom stereocenters. The Labute approximate surface area is 122 Å². The summed E-state index contributed by atoms with van der Waals surface area (Å²) in [6, 6.07) is 15.7. The molecule has 0 aliphatic rings. The monoisotopic (exact) mass is 284 g/mol. The molecule has 3 aromatic rings. The van der Waals surface area contributed by atoms with Crippen molar-refractivity contribution in [2.45, 2.75) is 20.3 Å². The SMILES string of the molecule is CCc1cc(C)cc(-c2ccc(-c3cccs3)s2)c1. The van der Waals surface area contributed by atoms with Gasteiger partial charge in [0.25, 0.3) is 0 Å². The average molecular weight is 284 g/mol. The minimum atomic E-state index is 1.10. The summed E-state index contributed by atoms with van der Waals surface area (Å²) < 4.78 is 0. The maximum Gasteiger partial charge on any atom is 0.0449 e. The van der Waals surface area contributed by atoms with Gasteiger partial charge in [-0.1, -0.05) is 36.8 Å². The summed E-state index contributed by atoms with van der Waals surface area (Å²) in [5.74, 6) is 0. The van der Waals surface area contributed by atoms with Crippen LogP contribution in [0, 0.1) is 6.92 Å². The molecule has 0 saturated heterocycles. The number of aryl methyl sites for hydroxylation is 2. The molecule has 3 rings (SSSR count). The smallest absolute Gasteiger partial charge is 0.0449 e. The molecular formula is C17H16S2. The van der Waals surface area contributed by atoms with Crippen LogP contribution in [-0.2, 0) is 6.42 Å². The molecular weight excluding hydrogens is 268 g/mol. The molecule has 0 N–H and O–H groups in total. The van der Waals surface area contributed by atoms with Crippen molar-refractivity contribution < 1.29 is 0 Å². The highest BCUT2D eigenvalue weighted by Crippen LogP contribution is 2.36. The van der Waals surface area contributed by atoms with Gasteiger partial charge >= 0.3 is 0 Å². The van der Waals surface area contributed by atoms with Gasteiger partial charge in [-0.05, 0) is 48.1 Å². The van der Waals surface area contributed by atoms with Crippen molar-refractivity contribution in [2.24, 2.45) is 0 Å². The van der Waals surface area contributed by atoms with E-state index in [0.717, 1.165) is 6.42 Å². The van der Waals surface area contributed by atoms with E-state index in [9.17, 15) is 0 Å². The van der Waals surface area contributed by atoms with Gasteiger partial charge in [-0.25, -0.2) is 0 Å². The van der Waals surface area contributed by atoms with Crippen LogP contribution in [0.5, 0.6) is 0 Å². The van der Waals surface area contributed by atoms with Crippen molar-refractivity contribution in [3.8, 4) is 20.2 Å². The third-order valence-electron chi connectivity index (χ3n) is 3.20. The average Bonchev–Trinajstić information content (AvgIpc) is 3.08. The second-order valence-corrected chi connectivity index (χ2v) is 6.73. The van der Waals surface area contributed by atoms with E-state index in [1.807, 2.05) is 11.3 Å². The van der Waals surface area contributed by atoms with Crippen molar-refractivity contribution in [2.75, 3.05) is 0 Å². The Morgan fingerprint density at radius 2 is 1.79 bits per heavy atom. The molecule has 0 amide bonds. The Morgan fingerprint density at radius 3 is 2.53 bits per heavy atom. The Bertz CT molecular complexity index is 675. The first-order valence-corrected chi connectivity index (χ1v) is 8.20. The van der Waals surface area contributed by atoms with Crippen molar-refractivity contribution in [3.63, 3.8) is 0 Å². The van der Waals surface area contributed by atoms with E-state index in [-0.39, 0.29) is 0 Å². The molecule has 1 aromatic carbocycles. The number of thiophene rings is 2. The molecule has 0 radical (unpaired) electrons. The van der Waals surface area contributed by atoms with Crippen LogP contribution in [0.1, 0.15) is 18.1 Å². The first-order chi connectivity index (χ1) is 9.26. The Kier molecular flexibility index (Phi) is 3.54. The van der Waals surface area contributed by atoms with E-state index >= 15 is 0 Å². The molecule has 0 unspecified atom stereocenters. The van der Waals surface area contributed by atoms with Gasteiger partial charge in [0.05, 0.1) is 0 Å². The molecule has 0 bridgehead atoms. The fraction of sp³-hybridized carbons (Fsp3) is 0.176. The van der Waals surface area contributed by atoms with Gasteiger partial charge in [0.15, 0.2) is 0 Å². The van der Waals surface area contributed by atoms with Crippen molar-refractivity contribution >= 4 is 22.7 Å². The number of hydrogen-bond acceptors (Lipinski definition) is 2. The Morgan fingerprint density at radius 1 is 0.947 bits per heavy atom. The molecule has 0 spiro atoms. The molecule has 0 aliphatic heterocycles. The minimum Gasteiger partial charge on any atom is -0.143 e. The first-order valence-electron chi connectivity index (χ1n) is 6.51. The maximum absolute atomic E-state index is 2.32. The molecule has 2 heteroatoms. The van der Waals surface area contributed by atoms with Crippen LogP contribution in [-0.4, -0.2) is 0 Å². The lowest BCUT2D eigenvalue weighted by molar-refractivity contribution is 1.13. The maximum atomic E-state index is 2.32. The fourth-order valence-electron chi connectivity index (χ4n) is 2.25. The number of hydrogen-bond donors (Lipinski definition) is 0. The van der Waals surface area contributed by atoms with Crippen LogP contribution in [0.25, 0.3) is 20.2 Å². The molecule has 2 heterocycles. The highest BCUT2D eigenvalue weighted by atomic mass is 32.1. The Balaban J connectivity index is 2.01. The summed E-state index contributed by atoms with van der Waals surface area (Å²) >= 11 is 3.69. The molecule has 19 heavy (non-hydrogen) atoms. The van der Waals surface area contributed by atoms with Gasteiger partial charge in [0.2, 0.25) is 0 Å². The largest absolute Gasteiger partial charge is 0.143 e. The molecule has 96 valence electrons. The summed E-state index contributed by atoms with van der Waals surface area (Å²) in [6.45, 7) is 4.39. The topological polar surface area (TPSA) is 0 Å². The van der Waals surface area contributed by atoms with Crippen LogP contribution >= 0.6 is 22.7 Å². The van der Waals surface area contributed by atoms with Crippen molar-refractivity contribution in [1.29, 1.82) is 0 Å². The zero-order valence-electron chi connectivity index (χ0n) is 11.1. The van der Waals surface area contributed by atoms with Gasteiger partial charge in [-0.15, -0.1) is 22.7 Å². The number of benzene rings is 1. The third-order valence-corrected chi connectivity index (χ3v) is 5.40. The number of rotatable bonds is 3. The highest BCUT2D eigenvalue weighted by Gasteiger charge is 2.06. The summed E-state index contributed by atoms with van der Waals surface area (Å²) in [5.41, 5.74) is 4.12. The lowest BCUT2D eigenvalue weighted by Crippen LogP contribution is -1.84. The predicted molar refractivity (Wildman–Crippen MR) is 87.2 cm³/mol. The highest BCUT2D eigenvalue weighted by molar-refractivity contribution is 7.23. The van der Waals surface area contributed by atoms with E-state index < -0.39 is 0 Å². The zero-order valence-corrected chi connectivity index (χ0v) is 12.8. The summed E-state index contributed by atoms with van der Waals surface area (Å²) in [7, 11) is 0. The zero-order chi connectivity index (χ0) is 13.2. The lowest BCUT2D eigenvalue weighted by atomic mass is 10.0. The first kappa shape index (κ1) is 12.6. The quantitative estimate of drug-likeness (QED) is 0.552. The van der Waals surface area contributed by atoms with Crippen LogP contribution in [0.4, 0.5) is 0 Å². The van der Waals surface area contributed by atoms with Crippen LogP contribution in [0.2, 0.25) is 0 Å². The molecule has 0 saturated carbocycles. The minimum absolute atomic E-state index is 1.10. The van der Waals surface area contributed by atoms with Crippen molar-refractivity contribution in [1.82, 2.24) is 0 Å². The van der Waals surface area contributed by atoms with Gasteiger partial charge in [-0.2, -0.15) is 0 Å². The van der Waals surface area contributed by atoms with E-state index in [1.54, 1.807) is 11.3 Å². The van der Waals surface area contributed by atoms with Crippen LogP contribution in [0.15, 0.2) is 47.8 Å². The van der Waals surface area contributed by atoms with Gasteiger partial charge in [-0.3, -0.25) is 0 Å². The molecule has 0 fully saturated rings. The van der Waals surface area contributed by atoms with Crippen molar-refractivity contribution in [3.05, 3.63) is 59.0 Å². The third kappa shape index (κ3) is 2.65. The van der Waals surface area contributed by atoms with Gasteiger partial charge < -0.3 is 0 Å². The standard InChI is InChI=1S/C17H16S2/c1-3-13-9-12(2)10-14(11-13)15-6-7-17(19-15)16-5-4-8-18-16/h4-11H,3H2,1-2H3. The van der Waals surface area contributed by atoms with E-state index in [0.29, 0.717) is 0 Å². The van der Waals surface area contributed by atoms with E-state index in [1.165, 1.54) is 31.3 Å². The van der Waals surface area contributed by atoms with Crippen LogP contribution < -0.4 is 0 Å². The summed E-state index contributed by atoms with van der Waals surface area (Å²) in [6.07, 6.45) is 1.10. The lowest BCUT2D eigenvalue weighted by Gasteiger charge is -2.04.